The molecule has 0 amide bonds. The largest absolute Gasteiger partial charge is 0.0798 e. The highest BCUT2D eigenvalue weighted by atomic mass is 14.2. The lowest BCUT2D eigenvalue weighted by atomic mass is 9.84. The van der Waals surface area contributed by atoms with E-state index in [1.165, 1.54) is 41.2 Å². The number of hydrogen-bond acceptors (Lipinski definition) is 0. The fourth-order valence-corrected chi connectivity index (χ4v) is 3.20. The predicted molar refractivity (Wildman–Crippen MR) is 72.9 cm³/mol. The Morgan fingerprint density at radius 2 is 1.82 bits per heavy atom. The van der Waals surface area contributed by atoms with Crippen molar-refractivity contribution in [2.75, 3.05) is 0 Å². The van der Waals surface area contributed by atoms with Gasteiger partial charge in [0.15, 0.2) is 0 Å². The van der Waals surface area contributed by atoms with Crippen molar-refractivity contribution in [1.82, 2.24) is 0 Å². The fourth-order valence-electron chi connectivity index (χ4n) is 3.20. The van der Waals surface area contributed by atoms with Crippen molar-refractivity contribution in [3.8, 4) is 0 Å². The van der Waals surface area contributed by atoms with Crippen LogP contribution in [0.15, 0.2) is 54.1 Å². The second-order valence-corrected chi connectivity index (χ2v) is 4.94. The molecule has 0 N–H and O–H groups in total. The number of aryl methyl sites for hydroxylation is 1. The molecule has 0 saturated carbocycles. The Labute approximate surface area is 101 Å². The highest BCUT2D eigenvalue weighted by Crippen LogP contribution is 2.40. The Hall–Kier alpha value is -1.82. The van der Waals surface area contributed by atoms with Crippen molar-refractivity contribution in [2.45, 2.75) is 19.3 Å². The number of hydrogen-bond donors (Lipinski definition) is 0. The van der Waals surface area contributed by atoms with Gasteiger partial charge in [-0.3, -0.25) is 0 Å². The van der Waals surface area contributed by atoms with Gasteiger partial charge in [0, 0.05) is 0 Å². The van der Waals surface area contributed by atoms with Crippen molar-refractivity contribution in [2.24, 2.45) is 0 Å². The lowest BCUT2D eigenvalue weighted by Crippen LogP contribution is -2.02. The number of benzene rings is 2. The summed E-state index contributed by atoms with van der Waals surface area (Å²) in [7, 11) is 0. The van der Waals surface area contributed by atoms with Gasteiger partial charge in [0.05, 0.1) is 0 Å². The van der Waals surface area contributed by atoms with Crippen molar-refractivity contribution in [3.05, 3.63) is 65.3 Å². The average molecular weight is 218 g/mol. The molecular formula is C17H14. The Kier molecular flexibility index (Phi) is 1.81. The summed E-state index contributed by atoms with van der Waals surface area (Å²) in [6.45, 7) is 0. The third-order valence-corrected chi connectivity index (χ3v) is 4.04. The highest BCUT2D eigenvalue weighted by Gasteiger charge is 2.20. The van der Waals surface area contributed by atoms with E-state index in [2.05, 4.69) is 48.6 Å². The molecule has 82 valence electrons. The molecule has 0 saturated heterocycles. The molecule has 2 aromatic rings. The van der Waals surface area contributed by atoms with Crippen LogP contribution < -0.4 is 0 Å². The fraction of sp³-hybridized carbons (Fsp3) is 0.176. The van der Waals surface area contributed by atoms with Crippen LogP contribution in [0.4, 0.5) is 0 Å². The van der Waals surface area contributed by atoms with Crippen LogP contribution in [0.25, 0.3) is 16.3 Å². The first-order valence-corrected chi connectivity index (χ1v) is 6.33. The molecule has 0 bridgehead atoms. The van der Waals surface area contributed by atoms with Gasteiger partial charge < -0.3 is 0 Å². The maximum absolute atomic E-state index is 2.31. The number of allylic oxidation sites excluding steroid dienone is 4. The summed E-state index contributed by atoms with van der Waals surface area (Å²) in [6, 6.07) is 13.3. The molecule has 0 heteroatoms. The molecule has 0 heterocycles. The van der Waals surface area contributed by atoms with E-state index in [0.717, 1.165) is 0 Å². The molecule has 0 radical (unpaired) electrons. The van der Waals surface area contributed by atoms with E-state index in [0.29, 0.717) is 0 Å². The molecule has 0 aromatic heterocycles. The first-order valence-electron chi connectivity index (χ1n) is 6.33. The van der Waals surface area contributed by atoms with Crippen LogP contribution in [0.3, 0.4) is 0 Å². The molecular weight excluding hydrogens is 204 g/mol. The highest BCUT2D eigenvalue weighted by molar-refractivity contribution is 5.94. The predicted octanol–water partition coefficient (Wildman–Crippen LogP) is 4.50. The van der Waals surface area contributed by atoms with Gasteiger partial charge in [-0.05, 0) is 46.7 Å². The third-order valence-electron chi connectivity index (χ3n) is 4.04. The van der Waals surface area contributed by atoms with E-state index in [1.807, 2.05) is 0 Å². The van der Waals surface area contributed by atoms with Gasteiger partial charge in [-0.2, -0.15) is 0 Å². The molecule has 0 aliphatic heterocycles. The first-order chi connectivity index (χ1) is 8.43. The van der Waals surface area contributed by atoms with Crippen molar-refractivity contribution in [3.63, 3.8) is 0 Å². The number of rotatable bonds is 0. The Morgan fingerprint density at radius 1 is 0.882 bits per heavy atom. The normalized spacial score (nSPS) is 17.4. The minimum absolute atomic E-state index is 1.17. The molecule has 2 aliphatic rings. The van der Waals surface area contributed by atoms with Gasteiger partial charge in [-0.1, -0.05) is 54.1 Å². The zero-order chi connectivity index (χ0) is 11.2. The monoisotopic (exact) mass is 218 g/mol. The topological polar surface area (TPSA) is 0 Å². The van der Waals surface area contributed by atoms with Crippen LogP contribution in [0, 0.1) is 0 Å². The zero-order valence-electron chi connectivity index (χ0n) is 9.74. The average Bonchev–Trinajstić information content (AvgIpc) is 2.86. The van der Waals surface area contributed by atoms with Gasteiger partial charge >= 0.3 is 0 Å². The van der Waals surface area contributed by atoms with Gasteiger partial charge in [0.1, 0.15) is 0 Å². The van der Waals surface area contributed by atoms with Crippen LogP contribution in [-0.2, 0) is 6.42 Å². The minimum Gasteiger partial charge on any atom is -0.0798 e. The Morgan fingerprint density at radius 3 is 2.82 bits per heavy atom. The summed E-state index contributed by atoms with van der Waals surface area (Å²) in [5.41, 5.74) is 6.15. The summed E-state index contributed by atoms with van der Waals surface area (Å²) in [4.78, 5) is 0. The van der Waals surface area contributed by atoms with Crippen LogP contribution in [0.2, 0.25) is 0 Å². The molecule has 4 rings (SSSR count). The van der Waals surface area contributed by atoms with Crippen LogP contribution in [0.5, 0.6) is 0 Å². The van der Waals surface area contributed by atoms with E-state index in [4.69, 9.17) is 0 Å². The van der Waals surface area contributed by atoms with Gasteiger partial charge in [-0.15, -0.1) is 0 Å². The Bertz CT molecular complexity index is 671. The third kappa shape index (κ3) is 1.24. The van der Waals surface area contributed by atoms with E-state index in [1.54, 1.807) is 11.1 Å². The smallest absolute Gasteiger partial charge is 0.0126 e. The molecule has 0 spiro atoms. The second-order valence-electron chi connectivity index (χ2n) is 4.94. The maximum Gasteiger partial charge on any atom is -0.0126 e. The summed E-state index contributed by atoms with van der Waals surface area (Å²) in [5.74, 6) is 0. The van der Waals surface area contributed by atoms with Crippen molar-refractivity contribution in [1.29, 1.82) is 0 Å². The number of fused-ring (bicyclic) bond motifs is 4. The lowest BCUT2D eigenvalue weighted by Gasteiger charge is -2.20. The van der Waals surface area contributed by atoms with E-state index in [9.17, 15) is 0 Å². The molecule has 0 unspecified atom stereocenters. The summed E-state index contributed by atoms with van der Waals surface area (Å²) in [6.07, 6.45) is 8.22. The summed E-state index contributed by atoms with van der Waals surface area (Å²) in [5, 5.41) is 2.81. The standard InChI is InChI=1S/C17H14/c1-2-6-14-12(4-1)8-10-17-15-7-3-5-13(15)9-11-16(14)17/h1-4,6-8,10H,5,9,11H2. The molecule has 0 fully saturated rings. The van der Waals surface area contributed by atoms with Crippen LogP contribution >= 0.6 is 0 Å². The van der Waals surface area contributed by atoms with Crippen LogP contribution in [0.1, 0.15) is 24.0 Å². The van der Waals surface area contributed by atoms with Gasteiger partial charge in [0.2, 0.25) is 0 Å². The molecule has 17 heavy (non-hydrogen) atoms. The molecule has 2 aromatic carbocycles. The lowest BCUT2D eigenvalue weighted by molar-refractivity contribution is 0.909. The maximum atomic E-state index is 2.31. The molecule has 2 aliphatic carbocycles. The quantitative estimate of drug-likeness (QED) is 0.610. The Balaban J connectivity index is 2.07. The van der Waals surface area contributed by atoms with Crippen LogP contribution in [-0.4, -0.2) is 0 Å². The van der Waals surface area contributed by atoms with E-state index < -0.39 is 0 Å². The summed E-state index contributed by atoms with van der Waals surface area (Å²) >= 11 is 0. The SMILES string of the molecule is C1=CC2=C(C1)CCc1c2ccc2ccccc12. The molecule has 0 nitrogen and oxygen atoms in total. The van der Waals surface area contributed by atoms with Gasteiger partial charge in [-0.25, -0.2) is 0 Å². The van der Waals surface area contributed by atoms with Crippen molar-refractivity contribution < 1.29 is 0 Å². The molecule has 0 atom stereocenters. The zero-order valence-corrected chi connectivity index (χ0v) is 9.74. The van der Waals surface area contributed by atoms with Gasteiger partial charge in [0.25, 0.3) is 0 Å². The summed E-state index contributed by atoms with van der Waals surface area (Å²) < 4.78 is 0. The second kappa shape index (κ2) is 3.33. The van der Waals surface area contributed by atoms with E-state index in [-0.39, 0.29) is 0 Å². The van der Waals surface area contributed by atoms with E-state index >= 15 is 0 Å². The van der Waals surface area contributed by atoms with Crippen molar-refractivity contribution >= 4 is 16.3 Å². The first kappa shape index (κ1) is 9.23. The minimum atomic E-state index is 1.17.